The number of amides is 2. The van der Waals surface area contributed by atoms with Gasteiger partial charge in [-0.25, -0.2) is 0 Å². The molecule has 0 aliphatic heterocycles. The van der Waals surface area contributed by atoms with Gasteiger partial charge >= 0.3 is 5.97 Å². The van der Waals surface area contributed by atoms with E-state index in [4.69, 9.17) is 26.4 Å². The van der Waals surface area contributed by atoms with Crippen molar-refractivity contribution in [2.75, 3.05) is 20.8 Å². The Morgan fingerprint density at radius 1 is 0.909 bits per heavy atom. The maximum Gasteiger partial charge on any atom is 0.306 e. The summed E-state index contributed by atoms with van der Waals surface area (Å²) in [5.74, 6) is -0.549. The van der Waals surface area contributed by atoms with Gasteiger partial charge in [-0.15, -0.1) is 0 Å². The third-order valence-electron chi connectivity index (χ3n) is 4.46. The number of aryl methyl sites for hydroxylation is 1. The quantitative estimate of drug-likeness (QED) is 0.208. The van der Waals surface area contributed by atoms with Crippen molar-refractivity contribution in [3.63, 3.8) is 0 Å². The van der Waals surface area contributed by atoms with Crippen molar-refractivity contribution in [1.29, 1.82) is 0 Å². The largest absolute Gasteiger partial charge is 0.493 e. The van der Waals surface area contributed by atoms with Crippen LogP contribution in [0, 0.1) is 0 Å². The molecule has 9 nitrogen and oxygen atoms in total. The number of thiocarbonyl (C=S) groups is 1. The fourth-order valence-electron chi connectivity index (χ4n) is 2.78. The van der Waals surface area contributed by atoms with Crippen LogP contribution in [0.2, 0.25) is 0 Å². The first-order valence-electron chi connectivity index (χ1n) is 10.2. The molecule has 0 saturated carbocycles. The molecule has 0 saturated heterocycles. The SMILES string of the molecule is COc1ccc(C(=O)NNC(=S)NC(=O)CCC(=O)OCCCc2ccccc2)cc1OC. The number of ether oxygens (including phenoxy) is 3. The number of hydrazine groups is 1. The second kappa shape index (κ2) is 13.7. The van der Waals surface area contributed by atoms with Crippen molar-refractivity contribution in [3.05, 3.63) is 59.7 Å². The molecule has 2 rings (SSSR count). The zero-order chi connectivity index (χ0) is 24.1. The average molecular weight is 474 g/mol. The van der Waals surface area contributed by atoms with E-state index >= 15 is 0 Å². The zero-order valence-electron chi connectivity index (χ0n) is 18.5. The van der Waals surface area contributed by atoms with Gasteiger partial charge in [-0.3, -0.25) is 25.2 Å². The van der Waals surface area contributed by atoms with E-state index in [-0.39, 0.29) is 24.6 Å². The van der Waals surface area contributed by atoms with Gasteiger partial charge in [0.2, 0.25) is 5.91 Å². The van der Waals surface area contributed by atoms with Gasteiger partial charge in [-0.1, -0.05) is 30.3 Å². The fourth-order valence-corrected chi connectivity index (χ4v) is 2.94. The maximum atomic E-state index is 12.2. The van der Waals surface area contributed by atoms with E-state index in [1.165, 1.54) is 25.8 Å². The Hall–Kier alpha value is -3.66. The number of carbonyl (C=O) groups excluding carboxylic acids is 3. The number of esters is 1. The molecule has 0 aliphatic rings. The number of carbonyl (C=O) groups is 3. The molecule has 0 atom stereocenters. The van der Waals surface area contributed by atoms with Crippen LogP contribution in [0.15, 0.2) is 48.5 Å². The third-order valence-corrected chi connectivity index (χ3v) is 4.66. The molecule has 2 amide bonds. The minimum Gasteiger partial charge on any atom is -0.493 e. The summed E-state index contributed by atoms with van der Waals surface area (Å²) in [5, 5.41) is 2.28. The predicted octanol–water partition coefficient (Wildman–Crippen LogP) is 2.30. The van der Waals surface area contributed by atoms with Crippen LogP contribution in [0.4, 0.5) is 0 Å². The zero-order valence-corrected chi connectivity index (χ0v) is 19.3. The van der Waals surface area contributed by atoms with E-state index in [2.05, 4.69) is 16.2 Å². The molecule has 0 spiro atoms. The first-order valence-corrected chi connectivity index (χ1v) is 10.7. The van der Waals surface area contributed by atoms with Gasteiger partial charge in [0, 0.05) is 12.0 Å². The van der Waals surface area contributed by atoms with Crippen molar-refractivity contribution >= 4 is 35.1 Å². The molecule has 3 N–H and O–H groups in total. The monoisotopic (exact) mass is 473 g/mol. The van der Waals surface area contributed by atoms with E-state index in [9.17, 15) is 14.4 Å². The van der Waals surface area contributed by atoms with Gasteiger partial charge in [-0.2, -0.15) is 0 Å². The van der Waals surface area contributed by atoms with E-state index in [1.54, 1.807) is 12.1 Å². The Labute approximate surface area is 197 Å². The van der Waals surface area contributed by atoms with Gasteiger partial charge in [0.1, 0.15) is 0 Å². The molecule has 0 radical (unpaired) electrons. The molecular weight excluding hydrogens is 446 g/mol. The molecule has 0 aliphatic carbocycles. The van der Waals surface area contributed by atoms with Crippen LogP contribution >= 0.6 is 12.2 Å². The number of nitrogens with one attached hydrogen (secondary N) is 3. The summed E-state index contributed by atoms with van der Waals surface area (Å²) in [6, 6.07) is 14.5. The van der Waals surface area contributed by atoms with Gasteiger partial charge < -0.3 is 19.5 Å². The van der Waals surface area contributed by atoms with Gasteiger partial charge in [-0.05, 0) is 48.8 Å². The van der Waals surface area contributed by atoms with E-state index in [1.807, 2.05) is 30.3 Å². The van der Waals surface area contributed by atoms with E-state index in [0.29, 0.717) is 23.5 Å². The van der Waals surface area contributed by atoms with Crippen LogP contribution in [-0.4, -0.2) is 43.7 Å². The van der Waals surface area contributed by atoms with Crippen molar-refractivity contribution in [1.82, 2.24) is 16.2 Å². The Morgan fingerprint density at radius 2 is 1.64 bits per heavy atom. The van der Waals surface area contributed by atoms with Crippen LogP contribution in [0.3, 0.4) is 0 Å². The summed E-state index contributed by atoms with van der Waals surface area (Å²) in [5.41, 5.74) is 6.28. The van der Waals surface area contributed by atoms with Gasteiger partial charge in [0.15, 0.2) is 16.6 Å². The van der Waals surface area contributed by atoms with E-state index < -0.39 is 17.8 Å². The van der Waals surface area contributed by atoms with Gasteiger partial charge in [0.25, 0.3) is 5.91 Å². The van der Waals surface area contributed by atoms with Crippen LogP contribution in [-0.2, 0) is 20.7 Å². The molecule has 2 aromatic rings. The number of hydrogen-bond acceptors (Lipinski definition) is 7. The van der Waals surface area contributed by atoms with Crippen LogP contribution < -0.4 is 25.6 Å². The Kier molecular flexibility index (Phi) is 10.6. The molecule has 0 bridgehead atoms. The predicted molar refractivity (Wildman–Crippen MR) is 126 cm³/mol. The fraction of sp³-hybridized carbons (Fsp3) is 0.304. The molecule has 0 aromatic heterocycles. The summed E-state index contributed by atoms with van der Waals surface area (Å²) in [6.07, 6.45) is 1.35. The molecule has 2 aromatic carbocycles. The number of benzene rings is 2. The Bertz CT molecular complexity index is 968. The van der Waals surface area contributed by atoms with Crippen LogP contribution in [0.1, 0.15) is 35.2 Å². The summed E-state index contributed by atoms with van der Waals surface area (Å²) in [4.78, 5) is 36.0. The highest BCUT2D eigenvalue weighted by molar-refractivity contribution is 7.80. The summed E-state index contributed by atoms with van der Waals surface area (Å²) >= 11 is 4.98. The Morgan fingerprint density at radius 3 is 2.33 bits per heavy atom. The minimum atomic E-state index is -0.494. The van der Waals surface area contributed by atoms with Crippen molar-refractivity contribution < 1.29 is 28.6 Å². The second-order valence-electron chi connectivity index (χ2n) is 6.84. The lowest BCUT2D eigenvalue weighted by Gasteiger charge is -2.12. The molecule has 10 heteroatoms. The summed E-state index contributed by atoms with van der Waals surface area (Å²) < 4.78 is 15.4. The maximum absolute atomic E-state index is 12.2. The first-order chi connectivity index (χ1) is 15.9. The summed E-state index contributed by atoms with van der Waals surface area (Å²) in [6.45, 7) is 0.289. The highest BCUT2D eigenvalue weighted by Gasteiger charge is 2.13. The number of methoxy groups -OCH3 is 2. The highest BCUT2D eigenvalue weighted by atomic mass is 32.1. The number of hydrogen-bond donors (Lipinski definition) is 3. The Balaban J connectivity index is 1.63. The molecule has 33 heavy (non-hydrogen) atoms. The number of rotatable bonds is 10. The topological polar surface area (TPSA) is 115 Å². The highest BCUT2D eigenvalue weighted by Crippen LogP contribution is 2.27. The molecule has 0 unspecified atom stereocenters. The van der Waals surface area contributed by atoms with Crippen molar-refractivity contribution in [2.45, 2.75) is 25.7 Å². The van der Waals surface area contributed by atoms with Crippen LogP contribution in [0.5, 0.6) is 11.5 Å². The van der Waals surface area contributed by atoms with Crippen molar-refractivity contribution in [3.8, 4) is 11.5 Å². The normalized spacial score (nSPS) is 10.0. The van der Waals surface area contributed by atoms with Crippen molar-refractivity contribution in [2.24, 2.45) is 0 Å². The van der Waals surface area contributed by atoms with E-state index in [0.717, 1.165) is 6.42 Å². The third kappa shape index (κ3) is 9.16. The summed E-state index contributed by atoms with van der Waals surface area (Å²) in [7, 11) is 2.95. The molecular formula is C23H27N3O6S. The lowest BCUT2D eigenvalue weighted by Crippen LogP contribution is -2.48. The average Bonchev–Trinajstić information content (AvgIpc) is 2.84. The molecule has 176 valence electrons. The first kappa shape index (κ1) is 25.6. The molecule has 0 heterocycles. The lowest BCUT2D eigenvalue weighted by atomic mass is 10.1. The standard InChI is InChI=1S/C23H27N3O6S/c1-30-18-11-10-17(15-19(18)31-2)22(29)25-26-23(33)24-20(27)12-13-21(28)32-14-6-9-16-7-4-3-5-8-16/h3-5,7-8,10-11,15H,6,9,12-14H2,1-2H3,(H,25,29)(H2,24,26,27,33). The lowest BCUT2D eigenvalue weighted by molar-refractivity contribution is -0.145. The smallest absolute Gasteiger partial charge is 0.306 e. The van der Waals surface area contributed by atoms with Crippen LogP contribution in [0.25, 0.3) is 0 Å². The second-order valence-corrected chi connectivity index (χ2v) is 7.24. The molecule has 0 fully saturated rings. The van der Waals surface area contributed by atoms with Gasteiger partial charge in [0.05, 0.1) is 27.2 Å². The minimum absolute atomic E-state index is 0.0716.